The minimum absolute atomic E-state index is 0.0371. The second-order valence-corrected chi connectivity index (χ2v) is 11.1. The number of aldehydes is 1. The number of hydrogen-bond donors (Lipinski definition) is 2. The molecular weight excluding hydrogens is 579 g/mol. The van der Waals surface area contributed by atoms with E-state index in [2.05, 4.69) is 38.6 Å². The Hall–Kier alpha value is -4.40. The number of aryl methyl sites for hydroxylation is 1. The average Bonchev–Trinajstić information content (AvgIpc) is 3.42. The SMILES string of the molecule is C\C=C/N=C/C(=C/C(=C\C)CNC(=O)C1CCC(=N/C=C(\C=O)NC/C(C=NC(C)C)=C/C)N1C)CCC.Cc1ccccc1F. The standard InChI is InChI=1S/C30H46N6O2.C7H7F/c1-8-12-26(17-31-15-9-2)16-24(10-3)18-35-30(38)28-13-14-29(36(28)7)34-21-27(22-37)33-20-25(11-4)19-32-23(5)6;1-6-4-2-3-5-7(6)8/h9-11,15-17,19,21-23,28,33H,8,12-14,18,20H2,1-7H3,(H,35,38);2-5H,1H3/b15-9-,24-10+,25-11+,26-16+,27-21+,31-17+,32-19?,34-29?;. The van der Waals surface area contributed by atoms with E-state index >= 15 is 0 Å². The zero-order valence-corrected chi connectivity index (χ0v) is 28.9. The van der Waals surface area contributed by atoms with E-state index in [1.54, 1.807) is 25.3 Å². The van der Waals surface area contributed by atoms with Crippen LogP contribution < -0.4 is 10.6 Å². The molecule has 0 aromatic heterocycles. The number of allylic oxidation sites excluding steroid dienone is 5. The second kappa shape index (κ2) is 23.0. The minimum Gasteiger partial charge on any atom is -0.377 e. The lowest BCUT2D eigenvalue weighted by Crippen LogP contribution is -2.43. The first-order valence-corrected chi connectivity index (χ1v) is 16.0. The van der Waals surface area contributed by atoms with Gasteiger partial charge in [0.25, 0.3) is 0 Å². The quantitative estimate of drug-likeness (QED) is 0.0936. The number of carbonyl (C=O) groups is 2. The third-order valence-corrected chi connectivity index (χ3v) is 7.00. The molecule has 1 aromatic rings. The molecule has 0 radical (unpaired) electrons. The van der Waals surface area contributed by atoms with Crippen molar-refractivity contribution < 1.29 is 14.0 Å². The number of nitrogens with zero attached hydrogens (tertiary/aromatic N) is 4. The topological polar surface area (TPSA) is 98.5 Å². The van der Waals surface area contributed by atoms with E-state index in [0.29, 0.717) is 37.2 Å². The highest BCUT2D eigenvalue weighted by Crippen LogP contribution is 2.19. The summed E-state index contributed by atoms with van der Waals surface area (Å²) in [6.07, 6.45) is 19.0. The van der Waals surface area contributed by atoms with Gasteiger partial charge < -0.3 is 15.5 Å². The molecule has 46 heavy (non-hydrogen) atoms. The molecule has 1 unspecified atom stereocenters. The molecule has 0 spiro atoms. The van der Waals surface area contributed by atoms with Crippen LogP contribution in [0.4, 0.5) is 4.39 Å². The van der Waals surface area contributed by atoms with Gasteiger partial charge in [0, 0.05) is 51.2 Å². The van der Waals surface area contributed by atoms with Crippen LogP contribution in [0.25, 0.3) is 0 Å². The summed E-state index contributed by atoms with van der Waals surface area (Å²) in [7, 11) is 1.87. The molecule has 1 atom stereocenters. The molecule has 1 aliphatic rings. The normalized spacial score (nSPS) is 17.4. The van der Waals surface area contributed by atoms with Gasteiger partial charge in [0.1, 0.15) is 17.7 Å². The fourth-order valence-electron chi connectivity index (χ4n) is 4.23. The summed E-state index contributed by atoms with van der Waals surface area (Å²) in [4.78, 5) is 39.6. The fraction of sp³-hybridized carbons (Fsp3) is 0.432. The Morgan fingerprint density at radius 3 is 2.33 bits per heavy atom. The van der Waals surface area contributed by atoms with Crippen molar-refractivity contribution in [2.24, 2.45) is 15.0 Å². The molecule has 0 bridgehead atoms. The van der Waals surface area contributed by atoms with E-state index in [4.69, 9.17) is 0 Å². The van der Waals surface area contributed by atoms with Gasteiger partial charge in [-0.1, -0.05) is 55.8 Å². The van der Waals surface area contributed by atoms with Crippen molar-refractivity contribution in [3.63, 3.8) is 0 Å². The van der Waals surface area contributed by atoms with Gasteiger partial charge in [-0.2, -0.15) is 0 Å². The second-order valence-electron chi connectivity index (χ2n) is 11.1. The summed E-state index contributed by atoms with van der Waals surface area (Å²) in [5, 5.41) is 6.17. The number of hydrogen-bond acceptors (Lipinski definition) is 6. The van der Waals surface area contributed by atoms with Crippen molar-refractivity contribution >= 4 is 30.5 Å². The van der Waals surface area contributed by atoms with Crippen molar-refractivity contribution in [1.29, 1.82) is 0 Å². The zero-order valence-electron chi connectivity index (χ0n) is 28.9. The maximum absolute atomic E-state index is 13.0. The molecule has 8 nitrogen and oxygen atoms in total. The first-order valence-electron chi connectivity index (χ1n) is 16.0. The van der Waals surface area contributed by atoms with E-state index in [-0.39, 0.29) is 23.8 Å². The van der Waals surface area contributed by atoms with Crippen molar-refractivity contribution in [2.75, 3.05) is 20.1 Å². The number of likely N-dealkylation sites (N-methyl/N-ethyl adjacent to an activating group) is 1. The lowest BCUT2D eigenvalue weighted by atomic mass is 10.1. The van der Waals surface area contributed by atoms with Gasteiger partial charge >= 0.3 is 0 Å². The van der Waals surface area contributed by atoms with Crippen LogP contribution in [-0.4, -0.2) is 67.6 Å². The lowest BCUT2D eigenvalue weighted by Gasteiger charge is -2.21. The monoisotopic (exact) mass is 632 g/mol. The zero-order chi connectivity index (χ0) is 34.3. The Morgan fingerprint density at radius 1 is 1.07 bits per heavy atom. The third kappa shape index (κ3) is 15.5. The van der Waals surface area contributed by atoms with E-state index in [9.17, 15) is 14.0 Å². The number of nitrogens with one attached hydrogen (secondary N) is 2. The van der Waals surface area contributed by atoms with E-state index in [1.807, 2.05) is 83.3 Å². The van der Waals surface area contributed by atoms with Crippen LogP contribution in [0.3, 0.4) is 0 Å². The molecule has 2 rings (SSSR count). The molecule has 0 aliphatic carbocycles. The molecule has 1 aromatic carbocycles. The maximum atomic E-state index is 13.0. The average molecular weight is 633 g/mol. The summed E-state index contributed by atoms with van der Waals surface area (Å²) < 4.78 is 12.3. The highest BCUT2D eigenvalue weighted by molar-refractivity contribution is 5.94. The number of halogens is 1. The predicted octanol–water partition coefficient (Wildman–Crippen LogP) is 7.06. The van der Waals surface area contributed by atoms with E-state index in [0.717, 1.165) is 41.7 Å². The van der Waals surface area contributed by atoms with Crippen LogP contribution in [-0.2, 0) is 9.59 Å². The Balaban J connectivity index is 0.00000114. The number of amides is 1. The van der Waals surface area contributed by atoms with E-state index < -0.39 is 0 Å². The first kappa shape index (κ1) is 39.6. The molecule has 1 aliphatic heterocycles. The van der Waals surface area contributed by atoms with Crippen LogP contribution >= 0.6 is 0 Å². The Bertz CT molecular complexity index is 1330. The minimum atomic E-state index is -0.301. The number of carbonyl (C=O) groups excluding carboxylic acids is 2. The number of rotatable bonds is 15. The van der Waals surface area contributed by atoms with Crippen molar-refractivity contribution in [1.82, 2.24) is 15.5 Å². The summed E-state index contributed by atoms with van der Waals surface area (Å²) >= 11 is 0. The molecule has 250 valence electrons. The summed E-state index contributed by atoms with van der Waals surface area (Å²) in [6, 6.07) is 6.61. The highest BCUT2D eigenvalue weighted by atomic mass is 19.1. The predicted molar refractivity (Wildman–Crippen MR) is 192 cm³/mol. The van der Waals surface area contributed by atoms with Crippen LogP contribution in [0.5, 0.6) is 0 Å². The van der Waals surface area contributed by atoms with Crippen molar-refractivity contribution in [3.8, 4) is 0 Å². The number of benzene rings is 1. The highest BCUT2D eigenvalue weighted by Gasteiger charge is 2.31. The smallest absolute Gasteiger partial charge is 0.243 e. The van der Waals surface area contributed by atoms with Gasteiger partial charge in [0.05, 0.1) is 11.9 Å². The molecule has 1 fully saturated rings. The molecule has 1 amide bonds. The van der Waals surface area contributed by atoms with Gasteiger partial charge in [0.2, 0.25) is 5.91 Å². The summed E-state index contributed by atoms with van der Waals surface area (Å²) in [6.45, 7) is 14.7. The lowest BCUT2D eigenvalue weighted by molar-refractivity contribution is -0.124. The Morgan fingerprint density at radius 2 is 1.76 bits per heavy atom. The Labute approximate surface area is 275 Å². The molecule has 0 saturated carbocycles. The molecule has 1 heterocycles. The van der Waals surface area contributed by atoms with Gasteiger partial charge in [-0.05, 0) is 82.7 Å². The van der Waals surface area contributed by atoms with Gasteiger partial charge in [-0.25, -0.2) is 9.38 Å². The van der Waals surface area contributed by atoms with Gasteiger partial charge in [-0.3, -0.25) is 19.6 Å². The molecule has 1 saturated heterocycles. The number of amidine groups is 1. The molecule has 2 N–H and O–H groups in total. The van der Waals surface area contributed by atoms with Crippen LogP contribution in [0.15, 0.2) is 98.4 Å². The van der Waals surface area contributed by atoms with Crippen molar-refractivity contribution in [3.05, 3.63) is 94.8 Å². The maximum Gasteiger partial charge on any atom is 0.243 e. The van der Waals surface area contributed by atoms with Gasteiger partial charge in [-0.15, -0.1) is 0 Å². The number of likely N-dealkylation sites (tertiary alicyclic amines) is 1. The first-order chi connectivity index (χ1) is 22.1. The Kier molecular flexibility index (Phi) is 19.8. The summed E-state index contributed by atoms with van der Waals surface area (Å²) in [5.74, 6) is 0.605. The van der Waals surface area contributed by atoms with Crippen LogP contribution in [0.2, 0.25) is 0 Å². The number of aliphatic imine (C=N–C) groups is 3. The fourth-order valence-corrected chi connectivity index (χ4v) is 4.23. The van der Waals surface area contributed by atoms with E-state index in [1.165, 1.54) is 12.3 Å². The largest absolute Gasteiger partial charge is 0.377 e. The molecular formula is C37H53FN6O2. The third-order valence-electron chi connectivity index (χ3n) is 7.00. The summed E-state index contributed by atoms with van der Waals surface area (Å²) in [5.41, 5.74) is 4.22. The molecule has 9 heteroatoms. The van der Waals surface area contributed by atoms with Gasteiger partial charge in [0.15, 0.2) is 6.29 Å². The van der Waals surface area contributed by atoms with Crippen LogP contribution in [0.1, 0.15) is 72.8 Å². The van der Waals surface area contributed by atoms with Crippen LogP contribution in [0, 0.1) is 12.7 Å². The van der Waals surface area contributed by atoms with Crippen molar-refractivity contribution in [2.45, 2.75) is 86.2 Å².